The second-order valence-electron chi connectivity index (χ2n) is 2.47. The molecule has 66 valence electrons. The first-order valence-corrected chi connectivity index (χ1v) is 3.69. The van der Waals surface area contributed by atoms with Gasteiger partial charge in [-0.05, 0) is 12.8 Å². The summed E-state index contributed by atoms with van der Waals surface area (Å²) in [5.74, 6) is 0. The Balaban J connectivity index is 4.16. The van der Waals surface area contributed by atoms with Crippen LogP contribution in [0.1, 0.15) is 26.7 Å². The minimum absolute atomic E-state index is 0.178. The Morgan fingerprint density at radius 2 is 2.00 bits per heavy atom. The monoisotopic (exact) mass is 161 g/mol. The second kappa shape index (κ2) is 4.18. The van der Waals surface area contributed by atoms with Crippen molar-refractivity contribution in [3.05, 3.63) is 0 Å². The lowest BCUT2D eigenvalue weighted by molar-refractivity contribution is -0.0316. The molecule has 0 unspecified atom stereocenters. The molecule has 4 heteroatoms. The predicted molar refractivity (Wildman–Crippen MR) is 41.1 cm³/mol. The standard InChI is InChI=1S/C7H15NO3/c1-3-7(4-2,5-9)11-6(8)10/h9H,3-5H2,1-2H3,(H2,8,10). The van der Waals surface area contributed by atoms with E-state index in [1.54, 1.807) is 0 Å². The number of carbonyl (C=O) groups excluding carboxylic acids is 1. The van der Waals surface area contributed by atoms with Crippen molar-refractivity contribution in [2.24, 2.45) is 5.73 Å². The van der Waals surface area contributed by atoms with Gasteiger partial charge in [-0.1, -0.05) is 13.8 Å². The molecule has 11 heavy (non-hydrogen) atoms. The van der Waals surface area contributed by atoms with E-state index >= 15 is 0 Å². The third-order valence-corrected chi connectivity index (χ3v) is 1.89. The van der Waals surface area contributed by atoms with Crippen LogP contribution in [0, 0.1) is 0 Å². The van der Waals surface area contributed by atoms with Gasteiger partial charge in [-0.3, -0.25) is 0 Å². The first-order chi connectivity index (χ1) is 5.10. The number of aliphatic hydroxyl groups is 1. The number of hydrogen-bond donors (Lipinski definition) is 2. The summed E-state index contributed by atoms with van der Waals surface area (Å²) in [5, 5.41) is 8.89. The highest BCUT2D eigenvalue weighted by atomic mass is 16.6. The summed E-state index contributed by atoms with van der Waals surface area (Å²) in [6.07, 6.45) is 0.314. The van der Waals surface area contributed by atoms with E-state index in [0.717, 1.165) is 0 Å². The van der Waals surface area contributed by atoms with E-state index in [0.29, 0.717) is 12.8 Å². The van der Waals surface area contributed by atoms with E-state index in [1.807, 2.05) is 13.8 Å². The Morgan fingerprint density at radius 3 is 2.09 bits per heavy atom. The third-order valence-electron chi connectivity index (χ3n) is 1.89. The zero-order valence-electron chi connectivity index (χ0n) is 6.96. The predicted octanol–water partition coefficient (Wildman–Crippen LogP) is 0.633. The van der Waals surface area contributed by atoms with Crippen molar-refractivity contribution < 1.29 is 14.6 Å². The molecule has 0 saturated heterocycles. The SMILES string of the molecule is CCC(CC)(CO)OC(N)=O. The quantitative estimate of drug-likeness (QED) is 0.635. The average Bonchev–Trinajstić information content (AvgIpc) is 2.00. The molecule has 0 saturated carbocycles. The van der Waals surface area contributed by atoms with E-state index in [2.05, 4.69) is 0 Å². The summed E-state index contributed by atoms with van der Waals surface area (Å²) in [4.78, 5) is 10.4. The maximum atomic E-state index is 10.4. The summed E-state index contributed by atoms with van der Waals surface area (Å²) >= 11 is 0. The lowest BCUT2D eigenvalue weighted by Gasteiger charge is -2.27. The van der Waals surface area contributed by atoms with Gasteiger partial charge in [0, 0.05) is 0 Å². The van der Waals surface area contributed by atoms with Gasteiger partial charge in [-0.25, -0.2) is 4.79 Å². The van der Waals surface area contributed by atoms with Crippen LogP contribution in [0.2, 0.25) is 0 Å². The van der Waals surface area contributed by atoms with Crippen LogP contribution in [0.3, 0.4) is 0 Å². The molecule has 0 aliphatic carbocycles. The summed E-state index contributed by atoms with van der Waals surface area (Å²) in [5.41, 5.74) is 4.06. The Bertz CT molecular complexity index is 123. The van der Waals surface area contributed by atoms with Gasteiger partial charge in [0.25, 0.3) is 0 Å². The Hall–Kier alpha value is -0.770. The largest absolute Gasteiger partial charge is 0.441 e. The minimum Gasteiger partial charge on any atom is -0.441 e. The lowest BCUT2D eigenvalue weighted by Crippen LogP contribution is -2.39. The molecule has 0 bridgehead atoms. The molecule has 3 N–H and O–H groups in total. The van der Waals surface area contributed by atoms with Crippen LogP contribution in [-0.2, 0) is 4.74 Å². The van der Waals surface area contributed by atoms with Gasteiger partial charge in [0.1, 0.15) is 5.60 Å². The van der Waals surface area contributed by atoms with Gasteiger partial charge in [0.15, 0.2) is 0 Å². The molecule has 0 spiro atoms. The van der Waals surface area contributed by atoms with Crippen molar-refractivity contribution in [2.45, 2.75) is 32.3 Å². The summed E-state index contributed by atoms with van der Waals surface area (Å²) in [7, 11) is 0. The average molecular weight is 161 g/mol. The van der Waals surface area contributed by atoms with Crippen molar-refractivity contribution >= 4 is 6.09 Å². The van der Waals surface area contributed by atoms with E-state index in [1.165, 1.54) is 0 Å². The number of hydrogen-bond acceptors (Lipinski definition) is 3. The Kier molecular flexibility index (Phi) is 3.89. The van der Waals surface area contributed by atoms with Crippen LogP contribution < -0.4 is 5.73 Å². The number of carbonyl (C=O) groups is 1. The lowest BCUT2D eigenvalue weighted by atomic mass is 9.99. The van der Waals surface area contributed by atoms with E-state index in [-0.39, 0.29) is 6.61 Å². The fourth-order valence-corrected chi connectivity index (χ4v) is 0.864. The highest BCUT2D eigenvalue weighted by Crippen LogP contribution is 2.19. The Labute approximate surface area is 66.3 Å². The first-order valence-electron chi connectivity index (χ1n) is 3.69. The minimum atomic E-state index is -0.831. The number of nitrogens with two attached hydrogens (primary N) is 1. The van der Waals surface area contributed by atoms with Gasteiger partial charge in [0.05, 0.1) is 6.61 Å². The van der Waals surface area contributed by atoms with E-state index in [9.17, 15) is 4.79 Å². The topological polar surface area (TPSA) is 72.6 Å². The van der Waals surface area contributed by atoms with Crippen LogP contribution in [0.25, 0.3) is 0 Å². The van der Waals surface area contributed by atoms with Crippen molar-refractivity contribution in [2.75, 3.05) is 6.61 Å². The van der Waals surface area contributed by atoms with Crippen molar-refractivity contribution in [3.8, 4) is 0 Å². The highest BCUT2D eigenvalue weighted by molar-refractivity contribution is 5.65. The fraction of sp³-hybridized carbons (Fsp3) is 0.857. The summed E-state index contributed by atoms with van der Waals surface area (Å²) in [6, 6.07) is 0. The normalized spacial score (nSPS) is 11.2. The summed E-state index contributed by atoms with van der Waals surface area (Å²) in [6.45, 7) is 3.49. The van der Waals surface area contributed by atoms with Crippen LogP contribution in [0.4, 0.5) is 4.79 Å². The van der Waals surface area contributed by atoms with Crippen LogP contribution in [0.15, 0.2) is 0 Å². The van der Waals surface area contributed by atoms with Gasteiger partial charge >= 0.3 is 6.09 Å². The number of aliphatic hydroxyl groups excluding tert-OH is 1. The molecule has 0 aliphatic rings. The molecule has 0 radical (unpaired) electrons. The molecule has 1 amide bonds. The number of ether oxygens (including phenoxy) is 1. The molecule has 0 rings (SSSR count). The first kappa shape index (κ1) is 10.2. The van der Waals surface area contributed by atoms with Crippen LogP contribution in [-0.4, -0.2) is 23.4 Å². The van der Waals surface area contributed by atoms with E-state index in [4.69, 9.17) is 15.6 Å². The van der Waals surface area contributed by atoms with Gasteiger partial charge in [-0.2, -0.15) is 0 Å². The molecule has 0 aromatic rings. The molecule has 4 nitrogen and oxygen atoms in total. The second-order valence-corrected chi connectivity index (χ2v) is 2.47. The summed E-state index contributed by atoms with van der Waals surface area (Å²) < 4.78 is 4.77. The van der Waals surface area contributed by atoms with Crippen LogP contribution in [0.5, 0.6) is 0 Å². The van der Waals surface area contributed by atoms with Crippen molar-refractivity contribution in [3.63, 3.8) is 0 Å². The molecular weight excluding hydrogens is 146 g/mol. The maximum absolute atomic E-state index is 10.4. The van der Waals surface area contributed by atoms with Crippen LogP contribution >= 0.6 is 0 Å². The number of rotatable bonds is 4. The van der Waals surface area contributed by atoms with E-state index < -0.39 is 11.7 Å². The van der Waals surface area contributed by atoms with Gasteiger partial charge < -0.3 is 15.6 Å². The van der Waals surface area contributed by atoms with Gasteiger partial charge in [0.2, 0.25) is 0 Å². The molecule has 0 aromatic heterocycles. The molecule has 0 aliphatic heterocycles. The Morgan fingerprint density at radius 1 is 1.55 bits per heavy atom. The molecule has 0 fully saturated rings. The molecular formula is C7H15NO3. The smallest absolute Gasteiger partial charge is 0.405 e. The zero-order chi connectivity index (χ0) is 8.91. The fourth-order valence-electron chi connectivity index (χ4n) is 0.864. The molecule has 0 atom stereocenters. The molecule has 0 heterocycles. The third kappa shape index (κ3) is 2.76. The molecule has 0 aromatic carbocycles. The van der Waals surface area contributed by atoms with Gasteiger partial charge in [-0.15, -0.1) is 0 Å². The van der Waals surface area contributed by atoms with Crippen molar-refractivity contribution in [1.29, 1.82) is 0 Å². The maximum Gasteiger partial charge on any atom is 0.405 e. The zero-order valence-corrected chi connectivity index (χ0v) is 6.96. The van der Waals surface area contributed by atoms with Crippen molar-refractivity contribution in [1.82, 2.24) is 0 Å². The number of primary amides is 1. The number of amides is 1. The highest BCUT2D eigenvalue weighted by Gasteiger charge is 2.28.